The van der Waals surface area contributed by atoms with Crippen molar-refractivity contribution in [2.45, 2.75) is 37.6 Å². The number of rotatable bonds is 6. The molecular weight excluding hydrogens is 372 g/mol. The van der Waals surface area contributed by atoms with Crippen molar-refractivity contribution >= 4 is 44.4 Å². The van der Waals surface area contributed by atoms with Crippen LogP contribution in [-0.4, -0.2) is 49.6 Å². The van der Waals surface area contributed by atoms with Crippen LogP contribution in [0.1, 0.15) is 18.4 Å². The van der Waals surface area contributed by atoms with E-state index in [2.05, 4.69) is 31.9 Å². The van der Waals surface area contributed by atoms with Gasteiger partial charge in [0.05, 0.1) is 28.6 Å². The first-order valence-electron chi connectivity index (χ1n) is 8.35. The predicted octanol–water partition coefficient (Wildman–Crippen LogP) is 2.50. The number of aryl methyl sites for hydroxylation is 1. The fraction of sp³-hybridized carbons (Fsp3) is 0.438. The number of anilines is 1. The van der Waals surface area contributed by atoms with Crippen molar-refractivity contribution in [2.24, 2.45) is 0 Å². The van der Waals surface area contributed by atoms with Gasteiger partial charge >= 0.3 is 0 Å². The minimum Gasteiger partial charge on any atom is -0.376 e. The van der Waals surface area contributed by atoms with Crippen LogP contribution < -0.4 is 5.32 Å². The van der Waals surface area contributed by atoms with E-state index in [1.807, 2.05) is 19.1 Å². The summed E-state index contributed by atoms with van der Waals surface area (Å²) in [6.45, 7) is 3.45. The highest BCUT2D eigenvalue weighted by molar-refractivity contribution is 7.99. The molecule has 1 aliphatic rings. The lowest BCUT2D eigenvalue weighted by molar-refractivity contribution is -0.113. The van der Waals surface area contributed by atoms with Gasteiger partial charge in [-0.25, -0.2) is 9.67 Å². The Morgan fingerprint density at radius 3 is 3.27 bits per heavy atom. The first-order chi connectivity index (χ1) is 12.7. The van der Waals surface area contributed by atoms with E-state index >= 15 is 0 Å². The van der Waals surface area contributed by atoms with Gasteiger partial charge in [-0.05, 0) is 47.9 Å². The van der Waals surface area contributed by atoms with E-state index in [9.17, 15) is 4.79 Å². The molecule has 0 aliphatic carbocycles. The number of benzene rings is 1. The van der Waals surface area contributed by atoms with Crippen LogP contribution in [-0.2, 0) is 16.1 Å². The van der Waals surface area contributed by atoms with Gasteiger partial charge in [0, 0.05) is 6.61 Å². The number of carbonyl (C=O) groups excluding carboxylic acids is 1. The number of thioether (sulfide) groups is 1. The van der Waals surface area contributed by atoms with E-state index in [0.717, 1.165) is 29.7 Å². The summed E-state index contributed by atoms with van der Waals surface area (Å²) < 4.78 is 8.38. The maximum absolute atomic E-state index is 12.2. The zero-order valence-corrected chi connectivity index (χ0v) is 15.8. The molecule has 3 aromatic rings. The fourth-order valence-corrected chi connectivity index (χ4v) is 4.43. The first kappa shape index (κ1) is 17.4. The summed E-state index contributed by atoms with van der Waals surface area (Å²) in [5.41, 5.74) is 2.07. The van der Waals surface area contributed by atoms with Crippen molar-refractivity contribution in [3.63, 3.8) is 0 Å². The number of nitrogens with one attached hydrogen (secondary N) is 1. The van der Waals surface area contributed by atoms with Crippen LogP contribution in [0.5, 0.6) is 0 Å². The Morgan fingerprint density at radius 2 is 2.42 bits per heavy atom. The summed E-state index contributed by atoms with van der Waals surface area (Å²) in [5, 5.41) is 15.8. The zero-order valence-electron chi connectivity index (χ0n) is 14.2. The number of hydrogen-bond donors (Lipinski definition) is 1. The van der Waals surface area contributed by atoms with Crippen LogP contribution in [0.3, 0.4) is 0 Å². The maximum atomic E-state index is 12.2. The van der Waals surface area contributed by atoms with Crippen LogP contribution in [0.25, 0.3) is 10.2 Å². The van der Waals surface area contributed by atoms with Crippen molar-refractivity contribution in [2.75, 3.05) is 17.7 Å². The molecule has 0 spiro atoms. The number of fused-ring (bicyclic) bond motifs is 1. The van der Waals surface area contributed by atoms with Crippen LogP contribution in [0, 0.1) is 6.92 Å². The Bertz CT molecular complexity index is 919. The second-order valence-corrected chi connectivity index (χ2v) is 8.08. The number of aromatic nitrogens is 5. The Kier molecular flexibility index (Phi) is 5.14. The number of hydrogen-bond acceptors (Lipinski definition) is 8. The van der Waals surface area contributed by atoms with Gasteiger partial charge in [-0.15, -0.1) is 5.10 Å². The van der Waals surface area contributed by atoms with Gasteiger partial charge in [0.15, 0.2) is 5.13 Å². The molecule has 0 saturated carbocycles. The number of nitrogens with zero attached hydrogens (tertiary/aromatic N) is 5. The average Bonchev–Trinajstić information content (AvgIpc) is 3.34. The molecule has 1 unspecified atom stereocenters. The third kappa shape index (κ3) is 4.02. The van der Waals surface area contributed by atoms with Crippen molar-refractivity contribution in [3.05, 3.63) is 23.8 Å². The topological polar surface area (TPSA) is 94.8 Å². The van der Waals surface area contributed by atoms with Gasteiger partial charge in [0.25, 0.3) is 0 Å². The molecule has 2 aromatic heterocycles. The van der Waals surface area contributed by atoms with E-state index in [0.29, 0.717) is 16.8 Å². The van der Waals surface area contributed by atoms with Crippen molar-refractivity contribution in [1.29, 1.82) is 0 Å². The second-order valence-electron chi connectivity index (χ2n) is 6.11. The molecule has 1 amide bonds. The van der Waals surface area contributed by atoms with Crippen molar-refractivity contribution in [1.82, 2.24) is 25.2 Å². The molecule has 0 bridgehead atoms. The van der Waals surface area contributed by atoms with Crippen LogP contribution in [0.15, 0.2) is 23.4 Å². The summed E-state index contributed by atoms with van der Waals surface area (Å²) in [4.78, 5) is 16.7. The average molecular weight is 390 g/mol. The quantitative estimate of drug-likeness (QED) is 0.646. The molecule has 26 heavy (non-hydrogen) atoms. The predicted molar refractivity (Wildman–Crippen MR) is 101 cm³/mol. The minimum absolute atomic E-state index is 0.127. The second kappa shape index (κ2) is 7.68. The normalized spacial score (nSPS) is 17.0. The van der Waals surface area contributed by atoms with Gasteiger partial charge in [-0.3, -0.25) is 4.79 Å². The van der Waals surface area contributed by atoms with Crippen molar-refractivity contribution in [3.8, 4) is 0 Å². The van der Waals surface area contributed by atoms with E-state index in [-0.39, 0.29) is 17.8 Å². The van der Waals surface area contributed by atoms with Crippen LogP contribution in [0.2, 0.25) is 0 Å². The first-order valence-corrected chi connectivity index (χ1v) is 10.2. The molecule has 1 aliphatic heterocycles. The molecule has 1 N–H and O–H groups in total. The zero-order chi connectivity index (χ0) is 17.9. The summed E-state index contributed by atoms with van der Waals surface area (Å²) in [6.07, 6.45) is 2.24. The van der Waals surface area contributed by atoms with Gasteiger partial charge in [0.2, 0.25) is 11.1 Å². The Balaban J connectivity index is 1.34. The Morgan fingerprint density at radius 1 is 1.50 bits per heavy atom. The molecule has 1 fully saturated rings. The molecule has 136 valence electrons. The van der Waals surface area contributed by atoms with Gasteiger partial charge in [-0.1, -0.05) is 29.2 Å². The molecule has 1 aromatic carbocycles. The lowest BCUT2D eigenvalue weighted by Gasteiger charge is -2.09. The molecular formula is C16H18N6O2S2. The van der Waals surface area contributed by atoms with E-state index in [1.54, 1.807) is 4.68 Å². The molecule has 3 heterocycles. The molecule has 1 saturated heterocycles. The van der Waals surface area contributed by atoms with Crippen molar-refractivity contribution < 1.29 is 9.53 Å². The Hall–Kier alpha value is -2.04. The Labute approximate surface area is 158 Å². The molecule has 10 heteroatoms. The number of ether oxygens (including phenoxy) is 1. The highest BCUT2D eigenvalue weighted by Gasteiger charge is 2.19. The molecule has 8 nitrogen and oxygen atoms in total. The van der Waals surface area contributed by atoms with E-state index in [1.165, 1.54) is 28.7 Å². The van der Waals surface area contributed by atoms with Gasteiger partial charge in [-0.2, -0.15) is 0 Å². The smallest absolute Gasteiger partial charge is 0.236 e. The standard InChI is InChI=1S/C16H18N6O2S2/c1-10-4-5-12-13(7-10)26-15(17-12)18-14(23)9-25-16-19-20-21-22(16)8-11-3-2-6-24-11/h4-5,7,11H,2-3,6,8-9H2,1H3,(H,17,18,23). The largest absolute Gasteiger partial charge is 0.376 e. The lowest BCUT2D eigenvalue weighted by Crippen LogP contribution is -2.18. The maximum Gasteiger partial charge on any atom is 0.236 e. The third-order valence-corrected chi connectivity index (χ3v) is 5.91. The molecule has 4 rings (SSSR count). The lowest BCUT2D eigenvalue weighted by atomic mass is 10.2. The highest BCUT2D eigenvalue weighted by atomic mass is 32.2. The number of amides is 1. The highest BCUT2D eigenvalue weighted by Crippen LogP contribution is 2.27. The summed E-state index contributed by atoms with van der Waals surface area (Å²) >= 11 is 2.78. The SMILES string of the molecule is Cc1ccc2nc(NC(=O)CSc3nnnn3CC3CCCO3)sc2c1. The number of thiazole rings is 1. The molecule has 1 atom stereocenters. The third-order valence-electron chi connectivity index (χ3n) is 4.02. The van der Waals surface area contributed by atoms with E-state index in [4.69, 9.17) is 4.74 Å². The monoisotopic (exact) mass is 390 g/mol. The fourth-order valence-electron chi connectivity index (χ4n) is 2.77. The van der Waals surface area contributed by atoms with E-state index < -0.39 is 0 Å². The molecule has 0 radical (unpaired) electrons. The van der Waals surface area contributed by atoms with Crippen LogP contribution in [0.4, 0.5) is 5.13 Å². The summed E-state index contributed by atoms with van der Waals surface area (Å²) in [6, 6.07) is 6.04. The summed E-state index contributed by atoms with van der Waals surface area (Å²) in [7, 11) is 0. The number of tetrazole rings is 1. The minimum atomic E-state index is -0.127. The van der Waals surface area contributed by atoms with Crippen LogP contribution >= 0.6 is 23.1 Å². The van der Waals surface area contributed by atoms with Gasteiger partial charge < -0.3 is 10.1 Å². The summed E-state index contributed by atoms with van der Waals surface area (Å²) in [5.74, 6) is 0.0957. The van der Waals surface area contributed by atoms with Gasteiger partial charge in [0.1, 0.15) is 0 Å². The number of carbonyl (C=O) groups is 1.